The number of carbonyl (C=O) groups excluding carboxylic acids is 1. The van der Waals surface area contributed by atoms with Crippen LogP contribution in [0, 0.1) is 0 Å². The minimum absolute atomic E-state index is 0.0791. The second kappa shape index (κ2) is 7.47. The fourth-order valence-corrected chi connectivity index (χ4v) is 3.56. The number of aliphatic carboxylic acids is 1. The maximum Gasteiger partial charge on any atom is 0.323 e. The second-order valence-electron chi connectivity index (χ2n) is 6.62. The number of amides is 1. The number of anilines is 1. The van der Waals surface area contributed by atoms with Crippen LogP contribution in [0.5, 0.6) is 0 Å². The number of carbonyl (C=O) groups is 2. The van der Waals surface area contributed by atoms with E-state index in [4.69, 9.17) is 21.7 Å². The fraction of sp³-hybridized carbons (Fsp3) is 0.263. The van der Waals surface area contributed by atoms with Gasteiger partial charge in [0.15, 0.2) is 0 Å². The van der Waals surface area contributed by atoms with Crippen molar-refractivity contribution in [2.45, 2.75) is 6.42 Å². The summed E-state index contributed by atoms with van der Waals surface area (Å²) in [6.07, 6.45) is 5.90. The molecule has 8 nitrogen and oxygen atoms in total. The lowest BCUT2D eigenvalue weighted by molar-refractivity contribution is -0.143. The lowest BCUT2D eigenvalue weighted by Gasteiger charge is -2.23. The number of hydrogen-bond donors (Lipinski definition) is 1. The predicted molar refractivity (Wildman–Crippen MR) is 105 cm³/mol. The molecule has 0 unspecified atom stereocenters. The Hall–Kier alpha value is -3.13. The molecule has 144 valence electrons. The summed E-state index contributed by atoms with van der Waals surface area (Å²) in [5.41, 5.74) is 1.60. The molecule has 1 aliphatic heterocycles. The quantitative estimate of drug-likeness (QED) is 0.723. The van der Waals surface area contributed by atoms with Crippen molar-refractivity contribution in [3.63, 3.8) is 0 Å². The van der Waals surface area contributed by atoms with Gasteiger partial charge < -0.3 is 19.5 Å². The van der Waals surface area contributed by atoms with Crippen molar-refractivity contribution in [3.05, 3.63) is 48.0 Å². The number of carboxylic acid groups (broad SMARTS) is 1. The van der Waals surface area contributed by atoms with Gasteiger partial charge in [-0.15, -0.1) is 0 Å². The first-order chi connectivity index (χ1) is 13.5. The van der Waals surface area contributed by atoms with Gasteiger partial charge in [0.05, 0.1) is 24.1 Å². The van der Waals surface area contributed by atoms with Crippen molar-refractivity contribution in [1.29, 1.82) is 0 Å². The van der Waals surface area contributed by atoms with Crippen molar-refractivity contribution >= 4 is 40.2 Å². The van der Waals surface area contributed by atoms with Gasteiger partial charge in [-0.1, -0.05) is 11.6 Å². The normalized spacial score (nSPS) is 15.1. The van der Waals surface area contributed by atoms with Crippen molar-refractivity contribution in [2.75, 3.05) is 31.1 Å². The smallest absolute Gasteiger partial charge is 0.323 e. The van der Waals surface area contributed by atoms with Gasteiger partial charge in [-0.2, -0.15) is 0 Å². The zero-order valence-electron chi connectivity index (χ0n) is 15.0. The van der Waals surface area contributed by atoms with E-state index in [1.165, 1.54) is 4.90 Å². The molecule has 1 aromatic carbocycles. The Bertz CT molecular complexity index is 1040. The van der Waals surface area contributed by atoms with Crippen LogP contribution in [0.1, 0.15) is 6.42 Å². The molecule has 1 aliphatic rings. The van der Waals surface area contributed by atoms with Crippen LogP contribution >= 0.6 is 11.6 Å². The van der Waals surface area contributed by atoms with Crippen molar-refractivity contribution in [2.24, 2.45) is 0 Å². The van der Waals surface area contributed by atoms with E-state index < -0.39 is 5.97 Å². The molecule has 0 bridgehead atoms. The maximum absolute atomic E-state index is 12.5. The molecule has 4 rings (SSSR count). The average Bonchev–Trinajstić information content (AvgIpc) is 3.13. The monoisotopic (exact) mass is 399 g/mol. The van der Waals surface area contributed by atoms with Crippen LogP contribution in [0.25, 0.3) is 16.6 Å². The topological polar surface area (TPSA) is 91.6 Å². The molecule has 3 heterocycles. The number of pyridine rings is 1. The van der Waals surface area contributed by atoms with E-state index in [9.17, 15) is 9.59 Å². The second-order valence-corrected chi connectivity index (χ2v) is 7.05. The number of rotatable bonds is 4. The number of carboxylic acids is 1. The molecule has 3 aromatic rings. The van der Waals surface area contributed by atoms with Gasteiger partial charge in [-0.3, -0.25) is 9.59 Å². The highest BCUT2D eigenvalue weighted by atomic mass is 35.5. The number of fused-ring (bicyclic) bond motifs is 1. The Morgan fingerprint density at radius 2 is 2.11 bits per heavy atom. The molecule has 1 amide bonds. The number of imidazole rings is 1. The summed E-state index contributed by atoms with van der Waals surface area (Å²) < 4.78 is 1.89. The summed E-state index contributed by atoms with van der Waals surface area (Å²) in [5, 5.41) is 10.5. The minimum atomic E-state index is -1.01. The zero-order chi connectivity index (χ0) is 19.7. The fourth-order valence-electron chi connectivity index (χ4n) is 3.39. The molecule has 0 radical (unpaired) electrons. The maximum atomic E-state index is 12.5. The van der Waals surface area contributed by atoms with Crippen LogP contribution in [-0.4, -0.2) is 62.6 Å². The van der Waals surface area contributed by atoms with E-state index in [-0.39, 0.29) is 19.0 Å². The van der Waals surface area contributed by atoms with E-state index in [2.05, 4.69) is 4.98 Å². The van der Waals surface area contributed by atoms with Crippen LogP contribution < -0.4 is 4.90 Å². The summed E-state index contributed by atoms with van der Waals surface area (Å²) in [7, 11) is 0. The Labute approximate surface area is 166 Å². The van der Waals surface area contributed by atoms with Crippen LogP contribution in [0.15, 0.2) is 43.0 Å². The molecular formula is C19H18ClN5O3. The first-order valence-corrected chi connectivity index (χ1v) is 9.22. The van der Waals surface area contributed by atoms with Gasteiger partial charge in [0.25, 0.3) is 0 Å². The highest BCUT2D eigenvalue weighted by molar-refractivity contribution is 6.31. The van der Waals surface area contributed by atoms with E-state index in [0.717, 1.165) is 11.1 Å². The summed E-state index contributed by atoms with van der Waals surface area (Å²) in [5.74, 6) is -0.594. The van der Waals surface area contributed by atoms with E-state index in [1.54, 1.807) is 18.6 Å². The van der Waals surface area contributed by atoms with Gasteiger partial charge in [0.1, 0.15) is 12.4 Å². The minimum Gasteiger partial charge on any atom is -0.480 e. The third-order valence-electron chi connectivity index (χ3n) is 4.70. The van der Waals surface area contributed by atoms with Crippen molar-refractivity contribution in [3.8, 4) is 5.69 Å². The predicted octanol–water partition coefficient (Wildman–Crippen LogP) is 2.20. The molecule has 1 N–H and O–H groups in total. The lowest BCUT2D eigenvalue weighted by Crippen LogP contribution is -2.39. The first-order valence-electron chi connectivity index (χ1n) is 8.84. The summed E-state index contributed by atoms with van der Waals surface area (Å²) in [4.78, 5) is 35.6. The number of nitrogens with zero attached hydrogens (tertiary/aromatic N) is 5. The number of hydrogen-bond acceptors (Lipinski definition) is 5. The summed E-state index contributed by atoms with van der Waals surface area (Å²) in [6.45, 7) is 0.809. The van der Waals surface area contributed by atoms with Gasteiger partial charge in [-0.05, 0) is 24.6 Å². The number of benzene rings is 1. The summed E-state index contributed by atoms with van der Waals surface area (Å²) in [6, 6.07) is 7.42. The molecule has 28 heavy (non-hydrogen) atoms. The van der Waals surface area contributed by atoms with Crippen molar-refractivity contribution < 1.29 is 14.7 Å². The Morgan fingerprint density at radius 3 is 2.86 bits per heavy atom. The third kappa shape index (κ3) is 3.63. The molecule has 0 aliphatic carbocycles. The van der Waals surface area contributed by atoms with Gasteiger partial charge >= 0.3 is 5.97 Å². The molecular weight excluding hydrogens is 382 g/mol. The zero-order valence-corrected chi connectivity index (χ0v) is 15.7. The molecule has 9 heteroatoms. The molecule has 1 saturated heterocycles. The molecule has 2 aromatic heterocycles. The standard InChI is InChI=1S/C19H18ClN5O3/c20-13-2-3-14-15(8-13)22-17(9-16(14)25-7-4-21-12-25)23-5-1-6-24(11-19(27)28)18(26)10-23/h2-4,7-9,12H,1,5-6,10-11H2,(H,27,28). The van der Waals surface area contributed by atoms with Gasteiger partial charge in [0.2, 0.25) is 5.91 Å². The number of aromatic nitrogens is 3. The summed E-state index contributed by atoms with van der Waals surface area (Å²) >= 11 is 6.16. The molecule has 0 spiro atoms. The van der Waals surface area contributed by atoms with Crippen LogP contribution in [0.4, 0.5) is 5.82 Å². The molecule has 0 atom stereocenters. The van der Waals surface area contributed by atoms with Crippen LogP contribution in [0.3, 0.4) is 0 Å². The van der Waals surface area contributed by atoms with E-state index in [1.807, 2.05) is 33.9 Å². The van der Waals surface area contributed by atoms with Gasteiger partial charge in [-0.25, -0.2) is 9.97 Å². The highest BCUT2D eigenvalue weighted by Crippen LogP contribution is 2.28. The van der Waals surface area contributed by atoms with E-state index >= 15 is 0 Å². The molecule has 1 fully saturated rings. The lowest BCUT2D eigenvalue weighted by atomic mass is 10.1. The third-order valence-corrected chi connectivity index (χ3v) is 4.94. The number of halogens is 1. The SMILES string of the molecule is O=C(O)CN1CCCN(c2cc(-n3ccnc3)c3ccc(Cl)cc3n2)CC1=O. The molecule has 0 saturated carbocycles. The largest absolute Gasteiger partial charge is 0.480 e. The van der Waals surface area contributed by atoms with E-state index in [0.29, 0.717) is 35.9 Å². The van der Waals surface area contributed by atoms with Crippen LogP contribution in [0.2, 0.25) is 5.02 Å². The Morgan fingerprint density at radius 1 is 1.25 bits per heavy atom. The van der Waals surface area contributed by atoms with Crippen molar-refractivity contribution in [1.82, 2.24) is 19.4 Å². The highest BCUT2D eigenvalue weighted by Gasteiger charge is 2.24. The Balaban J connectivity index is 1.74. The van der Waals surface area contributed by atoms with Crippen LogP contribution in [-0.2, 0) is 9.59 Å². The first kappa shape index (κ1) is 18.2. The average molecular weight is 400 g/mol. The Kier molecular flexibility index (Phi) is 4.87. The van der Waals surface area contributed by atoms with Gasteiger partial charge in [0, 0.05) is 42.0 Å².